The average molecular weight is 224 g/mol. The van der Waals surface area contributed by atoms with E-state index in [2.05, 4.69) is 4.74 Å². The predicted molar refractivity (Wildman–Crippen MR) is 50.1 cm³/mol. The van der Waals surface area contributed by atoms with Gasteiger partial charge in [-0.15, -0.1) is 0 Å². The summed E-state index contributed by atoms with van der Waals surface area (Å²) in [7, 11) is 0. The third-order valence-corrected chi connectivity index (χ3v) is 1.30. The fourth-order valence-electron chi connectivity index (χ4n) is 0.781. The maximum absolute atomic E-state index is 10.9. The second kappa shape index (κ2) is 5.85. The molecule has 1 aromatic rings. The summed E-state index contributed by atoms with van der Waals surface area (Å²) in [6.45, 7) is 0. The van der Waals surface area contributed by atoms with Crippen LogP contribution in [-0.2, 0) is 4.74 Å². The van der Waals surface area contributed by atoms with E-state index in [1.54, 1.807) is 0 Å². The molecule has 0 fully saturated rings. The Morgan fingerprint density at radius 2 is 1.79 bits per heavy atom. The minimum absolute atomic E-state index is 0. The van der Waals surface area contributed by atoms with Gasteiger partial charge < -0.3 is 14.9 Å². The molecular weight excluding hydrogens is 216 g/mol. The van der Waals surface area contributed by atoms with Gasteiger partial charge in [-0.3, -0.25) is 0 Å². The van der Waals surface area contributed by atoms with Crippen molar-refractivity contribution >= 4 is 49.9 Å². The summed E-state index contributed by atoms with van der Waals surface area (Å²) < 4.78 is 3.83. The van der Waals surface area contributed by atoms with Crippen molar-refractivity contribution in [2.45, 2.75) is 0 Å². The minimum atomic E-state index is -1.70. The Kier molecular flexibility index (Phi) is 5.52. The van der Waals surface area contributed by atoms with E-state index in [4.69, 9.17) is 10.2 Å². The predicted octanol–water partition coefficient (Wildman–Crippen LogP) is 0.311. The molecule has 0 saturated heterocycles. The van der Waals surface area contributed by atoms with Crippen LogP contribution in [0.15, 0.2) is 24.3 Å². The second-order valence-electron chi connectivity index (χ2n) is 2.17. The molecular formula is C8H8CaO5. The molecule has 72 valence electrons. The standard InChI is InChI=1S/C8H6O5.Ca.2H/c9-6-4-2-1-3-5(6)7(10)13-8(11)12;;;/h1-4,9H,(H,11,12);;;. The maximum atomic E-state index is 10.9. The summed E-state index contributed by atoms with van der Waals surface area (Å²) in [5.41, 5.74) is -0.176. The van der Waals surface area contributed by atoms with Crippen LogP contribution >= 0.6 is 0 Å². The summed E-state index contributed by atoms with van der Waals surface area (Å²) in [5.74, 6) is -1.40. The first-order chi connectivity index (χ1) is 6.11. The number of carbonyl (C=O) groups is 2. The van der Waals surface area contributed by atoms with E-state index >= 15 is 0 Å². The summed E-state index contributed by atoms with van der Waals surface area (Å²) in [4.78, 5) is 20.9. The Morgan fingerprint density at radius 3 is 2.29 bits per heavy atom. The van der Waals surface area contributed by atoms with Crippen LogP contribution in [0.5, 0.6) is 5.75 Å². The number of carbonyl (C=O) groups excluding carboxylic acids is 1. The van der Waals surface area contributed by atoms with E-state index in [9.17, 15) is 9.59 Å². The van der Waals surface area contributed by atoms with Crippen LogP contribution in [0.3, 0.4) is 0 Å². The van der Waals surface area contributed by atoms with Crippen molar-refractivity contribution in [2.75, 3.05) is 0 Å². The molecule has 0 atom stereocenters. The summed E-state index contributed by atoms with van der Waals surface area (Å²) in [6.07, 6.45) is -1.70. The van der Waals surface area contributed by atoms with Gasteiger partial charge in [0.1, 0.15) is 11.3 Å². The number of para-hydroxylation sites is 1. The molecule has 0 aliphatic carbocycles. The molecule has 0 heterocycles. The number of phenolic OH excluding ortho intramolecular Hbond substituents is 1. The molecule has 0 aromatic heterocycles. The summed E-state index contributed by atoms with van der Waals surface area (Å²) >= 11 is 0. The molecule has 0 saturated carbocycles. The van der Waals surface area contributed by atoms with Gasteiger partial charge >= 0.3 is 49.9 Å². The molecule has 0 aliphatic rings. The van der Waals surface area contributed by atoms with Crippen LogP contribution in [0.2, 0.25) is 0 Å². The van der Waals surface area contributed by atoms with E-state index in [1.807, 2.05) is 0 Å². The molecule has 0 bridgehead atoms. The zero-order valence-electron chi connectivity index (χ0n) is 6.43. The SMILES string of the molecule is O=C(O)OC(=O)c1ccccc1O.[CaH2]. The third kappa shape index (κ3) is 3.53. The number of hydrogen-bond donors (Lipinski definition) is 2. The first kappa shape index (κ1) is 13.2. The molecule has 1 rings (SSSR count). The van der Waals surface area contributed by atoms with Gasteiger partial charge in [0.05, 0.1) is 0 Å². The van der Waals surface area contributed by atoms with Crippen molar-refractivity contribution in [2.24, 2.45) is 0 Å². The van der Waals surface area contributed by atoms with Crippen molar-refractivity contribution < 1.29 is 24.5 Å². The summed E-state index contributed by atoms with van der Waals surface area (Å²) in [5, 5.41) is 17.2. The number of benzene rings is 1. The van der Waals surface area contributed by atoms with E-state index in [-0.39, 0.29) is 49.1 Å². The van der Waals surface area contributed by atoms with Gasteiger partial charge in [-0.05, 0) is 12.1 Å². The number of esters is 1. The molecule has 2 N–H and O–H groups in total. The topological polar surface area (TPSA) is 83.8 Å². The van der Waals surface area contributed by atoms with Crippen LogP contribution in [0.25, 0.3) is 0 Å². The molecule has 0 aliphatic heterocycles. The van der Waals surface area contributed by atoms with E-state index in [0.717, 1.165) is 0 Å². The third-order valence-electron chi connectivity index (χ3n) is 1.30. The number of carboxylic acid groups (broad SMARTS) is 1. The summed E-state index contributed by atoms with van der Waals surface area (Å²) in [6, 6.07) is 5.52. The van der Waals surface area contributed by atoms with Crippen molar-refractivity contribution in [3.8, 4) is 5.75 Å². The first-order valence-electron chi connectivity index (χ1n) is 3.34. The number of hydrogen-bond acceptors (Lipinski definition) is 4. The molecule has 0 amide bonds. The average Bonchev–Trinajstić information content (AvgIpc) is 2.03. The molecule has 0 spiro atoms. The molecule has 14 heavy (non-hydrogen) atoms. The Morgan fingerprint density at radius 1 is 1.21 bits per heavy atom. The Balaban J connectivity index is 0.00000169. The van der Waals surface area contributed by atoms with Gasteiger partial charge in [-0.1, -0.05) is 12.1 Å². The molecule has 6 heteroatoms. The molecule has 0 unspecified atom stereocenters. The monoisotopic (exact) mass is 224 g/mol. The van der Waals surface area contributed by atoms with E-state index in [1.165, 1.54) is 24.3 Å². The van der Waals surface area contributed by atoms with Crippen LogP contribution in [0.4, 0.5) is 4.79 Å². The first-order valence-corrected chi connectivity index (χ1v) is 3.34. The number of ether oxygens (including phenoxy) is 1. The Bertz CT molecular complexity index is 349. The Hall–Kier alpha value is -0.780. The van der Waals surface area contributed by atoms with Crippen LogP contribution in [0.1, 0.15) is 10.4 Å². The van der Waals surface area contributed by atoms with Crippen LogP contribution in [-0.4, -0.2) is 60.1 Å². The van der Waals surface area contributed by atoms with Gasteiger partial charge in [-0.25, -0.2) is 9.59 Å². The van der Waals surface area contributed by atoms with Crippen LogP contribution in [0, 0.1) is 0 Å². The van der Waals surface area contributed by atoms with Gasteiger partial charge in [0.2, 0.25) is 0 Å². The van der Waals surface area contributed by atoms with Gasteiger partial charge in [0, 0.05) is 0 Å². The second-order valence-corrected chi connectivity index (χ2v) is 2.17. The molecule has 5 nitrogen and oxygen atoms in total. The number of rotatable bonds is 1. The van der Waals surface area contributed by atoms with Crippen molar-refractivity contribution in [3.05, 3.63) is 29.8 Å². The normalized spacial score (nSPS) is 8.57. The van der Waals surface area contributed by atoms with E-state index in [0.29, 0.717) is 0 Å². The van der Waals surface area contributed by atoms with Crippen molar-refractivity contribution in [3.63, 3.8) is 0 Å². The zero-order chi connectivity index (χ0) is 9.84. The van der Waals surface area contributed by atoms with Crippen LogP contribution < -0.4 is 0 Å². The fourth-order valence-corrected chi connectivity index (χ4v) is 0.781. The van der Waals surface area contributed by atoms with Crippen molar-refractivity contribution in [1.29, 1.82) is 0 Å². The van der Waals surface area contributed by atoms with Gasteiger partial charge in [-0.2, -0.15) is 0 Å². The molecule has 1 aromatic carbocycles. The number of phenols is 1. The van der Waals surface area contributed by atoms with E-state index < -0.39 is 12.1 Å². The quantitative estimate of drug-likeness (QED) is 0.407. The molecule has 0 radical (unpaired) electrons. The Labute approximate surface area is 109 Å². The number of aromatic hydroxyl groups is 1. The van der Waals surface area contributed by atoms with Crippen molar-refractivity contribution in [1.82, 2.24) is 0 Å². The fraction of sp³-hybridized carbons (Fsp3) is 0. The van der Waals surface area contributed by atoms with Gasteiger partial charge in [0.25, 0.3) is 0 Å². The van der Waals surface area contributed by atoms with Gasteiger partial charge in [0.15, 0.2) is 0 Å². The zero-order valence-corrected chi connectivity index (χ0v) is 6.43.